The van der Waals surface area contributed by atoms with E-state index in [1.54, 1.807) is 19.2 Å². The quantitative estimate of drug-likeness (QED) is 0.787. The summed E-state index contributed by atoms with van der Waals surface area (Å²) in [6.45, 7) is 0. The van der Waals surface area contributed by atoms with E-state index >= 15 is 0 Å². The van der Waals surface area contributed by atoms with E-state index < -0.39 is 0 Å². The summed E-state index contributed by atoms with van der Waals surface area (Å²) in [4.78, 5) is 0. The lowest BCUT2D eigenvalue weighted by atomic mass is 10.1. The number of methoxy groups -OCH3 is 1. The van der Waals surface area contributed by atoms with E-state index in [1.807, 2.05) is 0 Å². The Morgan fingerprint density at radius 3 is 2.85 bits per heavy atom. The SMILES string of the molecule is COc1cc(CC#N)c(Cl)cc1I. The number of halogens is 2. The Morgan fingerprint density at radius 1 is 1.62 bits per heavy atom. The van der Waals surface area contributed by atoms with Crippen molar-refractivity contribution in [1.82, 2.24) is 0 Å². The highest BCUT2D eigenvalue weighted by Crippen LogP contribution is 2.28. The van der Waals surface area contributed by atoms with Gasteiger partial charge in [0.05, 0.1) is 23.2 Å². The monoisotopic (exact) mass is 307 g/mol. The van der Waals surface area contributed by atoms with Crippen LogP contribution in [0, 0.1) is 14.9 Å². The molecule has 2 nitrogen and oxygen atoms in total. The minimum Gasteiger partial charge on any atom is -0.496 e. The van der Waals surface area contributed by atoms with Crippen molar-refractivity contribution in [3.8, 4) is 11.8 Å². The molecule has 4 heteroatoms. The summed E-state index contributed by atoms with van der Waals surface area (Å²) in [5, 5.41) is 9.14. The zero-order valence-corrected chi connectivity index (χ0v) is 9.89. The molecule has 1 aromatic rings. The standard InChI is InChI=1S/C9H7ClINO/c1-13-9-4-6(2-3-12)7(10)5-8(9)11/h4-5H,2H2,1H3. The van der Waals surface area contributed by atoms with Crippen LogP contribution in [-0.2, 0) is 6.42 Å². The van der Waals surface area contributed by atoms with Gasteiger partial charge in [-0.25, -0.2) is 0 Å². The van der Waals surface area contributed by atoms with Crippen LogP contribution in [0.3, 0.4) is 0 Å². The van der Waals surface area contributed by atoms with Crippen molar-refractivity contribution in [2.45, 2.75) is 6.42 Å². The molecule has 0 aromatic heterocycles. The van der Waals surface area contributed by atoms with Crippen LogP contribution in [0.2, 0.25) is 5.02 Å². The Morgan fingerprint density at radius 2 is 2.31 bits per heavy atom. The molecule has 0 saturated carbocycles. The predicted octanol–water partition coefficient (Wildman–Crippen LogP) is 3.02. The smallest absolute Gasteiger partial charge is 0.132 e. The zero-order chi connectivity index (χ0) is 9.84. The Labute approximate surface area is 95.6 Å². The molecule has 0 amide bonds. The fourth-order valence-corrected chi connectivity index (χ4v) is 2.05. The van der Waals surface area contributed by atoms with Gasteiger partial charge in [0, 0.05) is 5.02 Å². The molecule has 0 unspecified atom stereocenters. The van der Waals surface area contributed by atoms with Gasteiger partial charge in [-0.05, 0) is 40.3 Å². The number of hydrogen-bond donors (Lipinski definition) is 0. The number of hydrogen-bond acceptors (Lipinski definition) is 2. The third-order valence-corrected chi connectivity index (χ3v) is 2.79. The highest BCUT2D eigenvalue weighted by atomic mass is 127. The van der Waals surface area contributed by atoms with Crippen LogP contribution >= 0.6 is 34.2 Å². The third-order valence-electron chi connectivity index (χ3n) is 1.59. The molecule has 0 heterocycles. The number of ether oxygens (including phenoxy) is 1. The van der Waals surface area contributed by atoms with Gasteiger partial charge in [0.1, 0.15) is 5.75 Å². The van der Waals surface area contributed by atoms with Crippen molar-refractivity contribution < 1.29 is 4.74 Å². The summed E-state index contributed by atoms with van der Waals surface area (Å²) in [7, 11) is 1.60. The van der Waals surface area contributed by atoms with E-state index in [4.69, 9.17) is 21.6 Å². The molecule has 68 valence electrons. The van der Waals surface area contributed by atoms with Gasteiger partial charge in [-0.2, -0.15) is 5.26 Å². The summed E-state index contributed by atoms with van der Waals surface area (Å²) in [6.07, 6.45) is 0.312. The lowest BCUT2D eigenvalue weighted by molar-refractivity contribution is 0.411. The van der Waals surface area contributed by atoms with Crippen LogP contribution in [0.1, 0.15) is 5.56 Å². The molecular formula is C9H7ClINO. The van der Waals surface area contributed by atoms with Crippen LogP contribution in [0.15, 0.2) is 12.1 Å². The van der Waals surface area contributed by atoms with Crippen LogP contribution in [-0.4, -0.2) is 7.11 Å². The average Bonchev–Trinajstić information content (AvgIpc) is 2.10. The molecule has 0 radical (unpaired) electrons. The number of rotatable bonds is 2. The Hall–Kier alpha value is -0.470. The minimum absolute atomic E-state index is 0.312. The van der Waals surface area contributed by atoms with Crippen molar-refractivity contribution in [3.05, 3.63) is 26.3 Å². The highest BCUT2D eigenvalue weighted by molar-refractivity contribution is 14.1. The predicted molar refractivity (Wildman–Crippen MR) is 60.0 cm³/mol. The van der Waals surface area contributed by atoms with Crippen molar-refractivity contribution in [2.24, 2.45) is 0 Å². The molecular weight excluding hydrogens is 300 g/mol. The Kier molecular flexibility index (Phi) is 3.82. The lowest BCUT2D eigenvalue weighted by Crippen LogP contribution is -1.91. The van der Waals surface area contributed by atoms with E-state index in [1.165, 1.54) is 0 Å². The maximum absolute atomic E-state index is 8.53. The molecule has 0 saturated heterocycles. The number of benzene rings is 1. The molecule has 0 aliphatic heterocycles. The van der Waals surface area contributed by atoms with Gasteiger partial charge < -0.3 is 4.74 Å². The van der Waals surface area contributed by atoms with Gasteiger partial charge in [-0.1, -0.05) is 11.6 Å². The Balaban J connectivity index is 3.16. The summed E-state index contributed by atoms with van der Waals surface area (Å²) in [5.74, 6) is 0.759. The van der Waals surface area contributed by atoms with Crippen molar-refractivity contribution in [2.75, 3.05) is 7.11 Å². The second-order valence-electron chi connectivity index (χ2n) is 2.41. The summed E-state index contributed by atoms with van der Waals surface area (Å²) >= 11 is 8.06. The summed E-state index contributed by atoms with van der Waals surface area (Å²) in [6, 6.07) is 5.65. The fourth-order valence-electron chi connectivity index (χ4n) is 0.948. The van der Waals surface area contributed by atoms with Crippen LogP contribution in [0.5, 0.6) is 5.75 Å². The first-order valence-corrected chi connectivity index (χ1v) is 5.03. The van der Waals surface area contributed by atoms with Gasteiger partial charge in [0.15, 0.2) is 0 Å². The Bertz CT molecular complexity index is 359. The van der Waals surface area contributed by atoms with Crippen molar-refractivity contribution in [3.63, 3.8) is 0 Å². The van der Waals surface area contributed by atoms with Gasteiger partial charge in [-0.3, -0.25) is 0 Å². The maximum atomic E-state index is 8.53. The second kappa shape index (κ2) is 4.68. The molecule has 13 heavy (non-hydrogen) atoms. The van der Waals surface area contributed by atoms with E-state index in [0.717, 1.165) is 14.9 Å². The number of nitrogens with zero attached hydrogens (tertiary/aromatic N) is 1. The van der Waals surface area contributed by atoms with Gasteiger partial charge in [0.2, 0.25) is 0 Å². The molecule has 0 atom stereocenters. The second-order valence-corrected chi connectivity index (χ2v) is 3.98. The first-order chi connectivity index (χ1) is 6.19. The third kappa shape index (κ3) is 2.48. The molecule has 1 aromatic carbocycles. The van der Waals surface area contributed by atoms with Gasteiger partial charge in [-0.15, -0.1) is 0 Å². The van der Waals surface area contributed by atoms with Crippen LogP contribution in [0.4, 0.5) is 0 Å². The van der Waals surface area contributed by atoms with Gasteiger partial charge >= 0.3 is 0 Å². The zero-order valence-electron chi connectivity index (χ0n) is 6.97. The van der Waals surface area contributed by atoms with Crippen LogP contribution < -0.4 is 4.74 Å². The van der Waals surface area contributed by atoms with E-state index in [2.05, 4.69) is 28.7 Å². The van der Waals surface area contributed by atoms with Crippen LogP contribution in [0.25, 0.3) is 0 Å². The van der Waals surface area contributed by atoms with Crippen molar-refractivity contribution >= 4 is 34.2 Å². The first kappa shape index (κ1) is 10.6. The molecule has 0 fully saturated rings. The van der Waals surface area contributed by atoms with E-state index in [9.17, 15) is 0 Å². The van der Waals surface area contributed by atoms with Crippen molar-refractivity contribution in [1.29, 1.82) is 5.26 Å². The highest BCUT2D eigenvalue weighted by Gasteiger charge is 2.06. The maximum Gasteiger partial charge on any atom is 0.132 e. The molecule has 0 spiro atoms. The summed E-state index contributed by atoms with van der Waals surface area (Å²) < 4.78 is 6.06. The summed E-state index contributed by atoms with van der Waals surface area (Å²) in [5.41, 5.74) is 0.807. The van der Waals surface area contributed by atoms with Gasteiger partial charge in [0.25, 0.3) is 0 Å². The molecule has 1 rings (SSSR count). The lowest BCUT2D eigenvalue weighted by Gasteiger charge is -2.06. The molecule has 0 aliphatic carbocycles. The minimum atomic E-state index is 0.312. The first-order valence-electron chi connectivity index (χ1n) is 3.58. The van der Waals surface area contributed by atoms with E-state index in [0.29, 0.717) is 11.4 Å². The largest absolute Gasteiger partial charge is 0.496 e. The normalized spacial score (nSPS) is 9.38. The molecule has 0 aliphatic rings. The van der Waals surface area contributed by atoms with E-state index in [-0.39, 0.29) is 0 Å². The fraction of sp³-hybridized carbons (Fsp3) is 0.222. The molecule has 0 bridgehead atoms. The number of nitriles is 1. The average molecular weight is 308 g/mol. The topological polar surface area (TPSA) is 33.0 Å². The molecule has 0 N–H and O–H groups in total.